The van der Waals surface area contributed by atoms with Crippen molar-refractivity contribution in [3.63, 3.8) is 0 Å². The molecule has 21 heavy (non-hydrogen) atoms. The second-order valence-corrected chi connectivity index (χ2v) is 5.68. The molecule has 0 aromatic heterocycles. The van der Waals surface area contributed by atoms with Crippen molar-refractivity contribution in [3.8, 4) is 11.5 Å². The summed E-state index contributed by atoms with van der Waals surface area (Å²) in [4.78, 5) is 2.51. The lowest BCUT2D eigenvalue weighted by molar-refractivity contribution is 0.237. The minimum atomic E-state index is 0.633. The van der Waals surface area contributed by atoms with Gasteiger partial charge in [-0.1, -0.05) is 19.1 Å². The Bertz CT molecular complexity index is 431. The molecule has 1 aromatic carbocycles. The lowest BCUT2D eigenvalue weighted by Crippen LogP contribution is -2.37. The van der Waals surface area contributed by atoms with Gasteiger partial charge in [0.15, 0.2) is 11.5 Å². The SMILES string of the molecule is CCCN(Cc1cccc(OC)c1OC)CC1CCCN1. The molecule has 1 N–H and O–H groups in total. The van der Waals surface area contributed by atoms with Gasteiger partial charge in [-0.05, 0) is 38.4 Å². The van der Waals surface area contributed by atoms with Crippen molar-refractivity contribution in [2.45, 2.75) is 38.8 Å². The first-order valence-electron chi connectivity index (χ1n) is 7.94. The van der Waals surface area contributed by atoms with Crippen LogP contribution in [0, 0.1) is 0 Å². The predicted molar refractivity (Wildman–Crippen MR) is 86.1 cm³/mol. The molecule has 1 heterocycles. The molecule has 4 heteroatoms. The molecule has 1 unspecified atom stereocenters. The maximum absolute atomic E-state index is 5.55. The standard InChI is InChI=1S/C17H28N2O2/c1-4-11-19(13-15-8-6-10-18-15)12-14-7-5-9-16(20-2)17(14)21-3/h5,7,9,15,18H,4,6,8,10-13H2,1-3H3. The van der Waals surface area contributed by atoms with Crippen LogP contribution in [0.15, 0.2) is 18.2 Å². The first-order chi connectivity index (χ1) is 10.3. The number of ether oxygens (including phenoxy) is 2. The van der Waals surface area contributed by atoms with Gasteiger partial charge in [0.1, 0.15) is 0 Å². The summed E-state index contributed by atoms with van der Waals surface area (Å²) < 4.78 is 10.9. The Balaban J connectivity index is 2.08. The van der Waals surface area contributed by atoms with Crippen molar-refractivity contribution in [3.05, 3.63) is 23.8 Å². The highest BCUT2D eigenvalue weighted by Gasteiger charge is 2.19. The highest BCUT2D eigenvalue weighted by molar-refractivity contribution is 5.46. The first-order valence-corrected chi connectivity index (χ1v) is 7.94. The van der Waals surface area contributed by atoms with E-state index in [1.165, 1.54) is 24.8 Å². The van der Waals surface area contributed by atoms with E-state index in [2.05, 4.69) is 23.2 Å². The third-order valence-electron chi connectivity index (χ3n) is 4.06. The molecular weight excluding hydrogens is 264 g/mol. The summed E-state index contributed by atoms with van der Waals surface area (Å²) in [5.74, 6) is 1.67. The zero-order chi connectivity index (χ0) is 15.1. The predicted octanol–water partition coefficient (Wildman–Crippen LogP) is 2.67. The Morgan fingerprint density at radius 1 is 1.29 bits per heavy atom. The molecule has 1 aromatic rings. The average molecular weight is 292 g/mol. The van der Waals surface area contributed by atoms with Gasteiger partial charge in [0, 0.05) is 24.7 Å². The fourth-order valence-electron chi connectivity index (χ4n) is 3.09. The molecule has 1 aliphatic rings. The number of nitrogens with zero attached hydrogens (tertiary/aromatic N) is 1. The number of hydrogen-bond donors (Lipinski definition) is 1. The fraction of sp³-hybridized carbons (Fsp3) is 0.647. The van der Waals surface area contributed by atoms with Gasteiger partial charge in [-0.25, -0.2) is 0 Å². The van der Waals surface area contributed by atoms with Crippen LogP contribution in [0.5, 0.6) is 11.5 Å². The molecule has 1 fully saturated rings. The Labute approximate surface area is 128 Å². The third kappa shape index (κ3) is 4.35. The maximum atomic E-state index is 5.55. The van der Waals surface area contributed by atoms with E-state index >= 15 is 0 Å². The molecule has 118 valence electrons. The van der Waals surface area contributed by atoms with Crippen LogP contribution in [0.2, 0.25) is 0 Å². The summed E-state index contributed by atoms with van der Waals surface area (Å²) in [5.41, 5.74) is 1.20. The van der Waals surface area contributed by atoms with Gasteiger partial charge in [0.25, 0.3) is 0 Å². The number of nitrogens with one attached hydrogen (secondary N) is 1. The van der Waals surface area contributed by atoms with Gasteiger partial charge < -0.3 is 14.8 Å². The van der Waals surface area contributed by atoms with Gasteiger partial charge in [0.2, 0.25) is 0 Å². The second-order valence-electron chi connectivity index (χ2n) is 5.68. The average Bonchev–Trinajstić information content (AvgIpc) is 3.00. The van der Waals surface area contributed by atoms with Gasteiger partial charge >= 0.3 is 0 Å². The van der Waals surface area contributed by atoms with Crippen LogP contribution in [0.1, 0.15) is 31.7 Å². The summed E-state index contributed by atoms with van der Waals surface area (Å²) in [6.07, 6.45) is 3.75. The number of para-hydroxylation sites is 1. The van der Waals surface area contributed by atoms with Crippen LogP contribution in [0.3, 0.4) is 0 Å². The second kappa shape index (κ2) is 8.25. The topological polar surface area (TPSA) is 33.7 Å². The molecule has 1 aliphatic heterocycles. The van der Waals surface area contributed by atoms with E-state index in [4.69, 9.17) is 9.47 Å². The summed E-state index contributed by atoms with van der Waals surface area (Å²) in [5, 5.41) is 3.58. The van der Waals surface area contributed by atoms with Crippen molar-refractivity contribution in [1.29, 1.82) is 0 Å². The highest BCUT2D eigenvalue weighted by atomic mass is 16.5. The third-order valence-corrected chi connectivity index (χ3v) is 4.06. The van der Waals surface area contributed by atoms with Crippen LogP contribution < -0.4 is 14.8 Å². The van der Waals surface area contributed by atoms with Gasteiger partial charge in [-0.3, -0.25) is 4.90 Å². The van der Waals surface area contributed by atoms with Crippen molar-refractivity contribution in [2.75, 3.05) is 33.9 Å². The summed E-state index contributed by atoms with van der Waals surface area (Å²) in [7, 11) is 3.40. The summed E-state index contributed by atoms with van der Waals surface area (Å²) >= 11 is 0. The Morgan fingerprint density at radius 3 is 2.76 bits per heavy atom. The zero-order valence-corrected chi connectivity index (χ0v) is 13.5. The smallest absolute Gasteiger partial charge is 0.165 e. The lowest BCUT2D eigenvalue weighted by Gasteiger charge is -2.26. The van der Waals surface area contributed by atoms with Crippen molar-refractivity contribution >= 4 is 0 Å². The zero-order valence-electron chi connectivity index (χ0n) is 13.5. The number of benzene rings is 1. The van der Waals surface area contributed by atoms with Gasteiger partial charge in [0.05, 0.1) is 14.2 Å². The number of hydrogen-bond acceptors (Lipinski definition) is 4. The summed E-state index contributed by atoms with van der Waals surface area (Å²) in [6.45, 7) is 6.52. The minimum absolute atomic E-state index is 0.633. The normalized spacial score (nSPS) is 18.2. The van der Waals surface area contributed by atoms with Crippen LogP contribution in [-0.2, 0) is 6.54 Å². The molecule has 0 saturated carbocycles. The fourth-order valence-corrected chi connectivity index (χ4v) is 3.09. The van der Waals surface area contributed by atoms with Gasteiger partial charge in [-0.2, -0.15) is 0 Å². The van der Waals surface area contributed by atoms with E-state index in [0.29, 0.717) is 6.04 Å². The Morgan fingerprint density at radius 2 is 2.14 bits per heavy atom. The van der Waals surface area contributed by atoms with Crippen LogP contribution in [-0.4, -0.2) is 44.8 Å². The largest absolute Gasteiger partial charge is 0.493 e. The number of methoxy groups -OCH3 is 2. The molecule has 1 atom stereocenters. The van der Waals surface area contributed by atoms with Crippen LogP contribution in [0.4, 0.5) is 0 Å². The number of rotatable bonds is 8. The van der Waals surface area contributed by atoms with Crippen molar-refractivity contribution in [1.82, 2.24) is 10.2 Å². The molecule has 0 amide bonds. The summed E-state index contributed by atoms with van der Waals surface area (Å²) in [6, 6.07) is 6.75. The van der Waals surface area contributed by atoms with Crippen molar-refractivity contribution in [2.24, 2.45) is 0 Å². The molecule has 0 spiro atoms. The molecule has 2 rings (SSSR count). The van der Waals surface area contributed by atoms with E-state index in [0.717, 1.165) is 37.7 Å². The molecule has 4 nitrogen and oxygen atoms in total. The van der Waals surface area contributed by atoms with E-state index < -0.39 is 0 Å². The first kappa shape index (κ1) is 16.1. The van der Waals surface area contributed by atoms with Gasteiger partial charge in [-0.15, -0.1) is 0 Å². The monoisotopic (exact) mass is 292 g/mol. The quantitative estimate of drug-likeness (QED) is 0.799. The van der Waals surface area contributed by atoms with E-state index in [1.54, 1.807) is 14.2 Å². The highest BCUT2D eigenvalue weighted by Crippen LogP contribution is 2.31. The van der Waals surface area contributed by atoms with E-state index in [9.17, 15) is 0 Å². The molecular formula is C17H28N2O2. The molecule has 1 saturated heterocycles. The minimum Gasteiger partial charge on any atom is -0.493 e. The molecule has 0 radical (unpaired) electrons. The van der Waals surface area contributed by atoms with E-state index in [-0.39, 0.29) is 0 Å². The Kier molecular flexibility index (Phi) is 6.33. The Hall–Kier alpha value is -1.26. The lowest BCUT2D eigenvalue weighted by atomic mass is 10.1. The van der Waals surface area contributed by atoms with Crippen LogP contribution in [0.25, 0.3) is 0 Å². The van der Waals surface area contributed by atoms with Crippen molar-refractivity contribution < 1.29 is 9.47 Å². The molecule has 0 aliphatic carbocycles. The van der Waals surface area contributed by atoms with Crippen LogP contribution >= 0.6 is 0 Å². The maximum Gasteiger partial charge on any atom is 0.165 e. The molecule has 0 bridgehead atoms. The van der Waals surface area contributed by atoms with E-state index in [1.807, 2.05) is 12.1 Å².